The van der Waals surface area contributed by atoms with Crippen molar-refractivity contribution in [3.05, 3.63) is 34.9 Å². The van der Waals surface area contributed by atoms with Crippen LogP contribution in [0.4, 0.5) is 0 Å². The topological polar surface area (TPSA) is 79.5 Å². The number of Topliss-reactive ketones (excluding diaryl/α,β-unsaturated/α-hetero) is 1. The number of thiocarbonyl (C=S) groups is 1. The van der Waals surface area contributed by atoms with Gasteiger partial charge < -0.3 is 10.1 Å². The van der Waals surface area contributed by atoms with Gasteiger partial charge in [0, 0.05) is 31.6 Å². The van der Waals surface area contributed by atoms with Crippen LogP contribution in [0.3, 0.4) is 0 Å². The average Bonchev–Trinajstić information content (AvgIpc) is 2.64. The van der Waals surface area contributed by atoms with E-state index in [1.807, 2.05) is 19.1 Å². The molecule has 0 spiro atoms. The number of hydrogen-bond acceptors (Lipinski definition) is 4. The molecule has 1 aliphatic rings. The minimum Gasteiger partial charge on any atom is -0.383 e. The summed E-state index contributed by atoms with van der Waals surface area (Å²) >= 11 is 5.07. The summed E-state index contributed by atoms with van der Waals surface area (Å²) in [6, 6.07) is 5.94. The highest BCUT2D eigenvalue weighted by Crippen LogP contribution is 2.22. The van der Waals surface area contributed by atoms with E-state index in [4.69, 9.17) is 17.0 Å². The van der Waals surface area contributed by atoms with Crippen LogP contribution in [-0.2, 0) is 22.4 Å². The minimum absolute atomic E-state index is 0.0112. The highest BCUT2D eigenvalue weighted by atomic mass is 32.1. The molecule has 0 saturated carbocycles. The number of fused-ring (bicyclic) bond motifs is 1. The molecule has 1 atom stereocenters. The van der Waals surface area contributed by atoms with Crippen molar-refractivity contribution in [1.29, 1.82) is 0 Å². The molecule has 0 radical (unpaired) electrons. The van der Waals surface area contributed by atoms with Crippen LogP contribution >= 0.6 is 12.2 Å². The zero-order valence-electron chi connectivity index (χ0n) is 15.4. The highest BCUT2D eigenvalue weighted by Gasteiger charge is 2.14. The molecule has 7 heteroatoms. The number of aryl methyl sites for hydroxylation is 2. The van der Waals surface area contributed by atoms with E-state index in [9.17, 15) is 9.59 Å². The van der Waals surface area contributed by atoms with E-state index in [0.717, 1.165) is 12.8 Å². The predicted octanol–water partition coefficient (Wildman–Crippen LogP) is 2.06. The lowest BCUT2D eigenvalue weighted by Gasteiger charge is -2.17. The summed E-state index contributed by atoms with van der Waals surface area (Å²) in [6.45, 7) is 2.42. The quantitative estimate of drug-likeness (QED) is 0.383. The standard InChI is InChI=1S/C19H27N3O3S/c1-13(12-25-2)20-19(26)22-21-18(24)10-9-17(23)16-8-7-14-5-3-4-6-15(14)11-16/h7-8,11,13H,3-6,9-10,12H2,1-2H3,(H,21,24)(H2,20,22,26)/t13-/m0/s1. The fraction of sp³-hybridized carbons (Fsp3) is 0.526. The van der Waals surface area contributed by atoms with Crippen LogP contribution in [-0.4, -0.2) is 36.6 Å². The van der Waals surface area contributed by atoms with Crippen molar-refractivity contribution < 1.29 is 14.3 Å². The number of methoxy groups -OCH3 is 1. The summed E-state index contributed by atoms with van der Waals surface area (Å²) in [7, 11) is 1.61. The maximum absolute atomic E-state index is 12.3. The summed E-state index contributed by atoms with van der Waals surface area (Å²) in [4.78, 5) is 24.2. The molecule has 0 aromatic heterocycles. The molecule has 0 bridgehead atoms. The van der Waals surface area contributed by atoms with Crippen molar-refractivity contribution in [2.45, 2.75) is 51.5 Å². The first-order chi connectivity index (χ1) is 12.5. The molecular weight excluding hydrogens is 350 g/mol. The zero-order chi connectivity index (χ0) is 18.9. The molecule has 0 heterocycles. The molecule has 3 N–H and O–H groups in total. The smallest absolute Gasteiger partial charge is 0.238 e. The van der Waals surface area contributed by atoms with E-state index in [-0.39, 0.29) is 30.6 Å². The van der Waals surface area contributed by atoms with Crippen molar-refractivity contribution in [1.82, 2.24) is 16.2 Å². The monoisotopic (exact) mass is 377 g/mol. The number of benzene rings is 1. The van der Waals surface area contributed by atoms with E-state index >= 15 is 0 Å². The number of amides is 1. The Balaban J connectivity index is 1.73. The molecular formula is C19H27N3O3S. The Morgan fingerprint density at radius 2 is 1.88 bits per heavy atom. The summed E-state index contributed by atoms with van der Waals surface area (Å²) in [5.74, 6) is -0.289. The van der Waals surface area contributed by atoms with Gasteiger partial charge >= 0.3 is 0 Å². The molecule has 0 fully saturated rings. The van der Waals surface area contributed by atoms with Crippen LogP contribution < -0.4 is 16.2 Å². The van der Waals surface area contributed by atoms with E-state index in [1.54, 1.807) is 7.11 Å². The molecule has 1 aromatic rings. The molecule has 2 rings (SSSR count). The molecule has 6 nitrogen and oxygen atoms in total. The van der Waals surface area contributed by atoms with Gasteiger partial charge in [0.05, 0.1) is 6.61 Å². The van der Waals surface area contributed by atoms with Crippen LogP contribution in [0.2, 0.25) is 0 Å². The Bertz CT molecular complexity index is 663. The average molecular weight is 378 g/mol. The normalized spacial score (nSPS) is 14.1. The molecule has 0 aliphatic heterocycles. The van der Waals surface area contributed by atoms with Gasteiger partial charge in [0.15, 0.2) is 10.9 Å². The van der Waals surface area contributed by atoms with Gasteiger partial charge in [-0.1, -0.05) is 12.1 Å². The Kier molecular flexibility index (Phi) is 8.00. The predicted molar refractivity (Wildman–Crippen MR) is 105 cm³/mol. The van der Waals surface area contributed by atoms with Crippen LogP contribution in [0.15, 0.2) is 18.2 Å². The number of hydrogen-bond donors (Lipinski definition) is 3. The molecule has 142 valence electrons. The van der Waals surface area contributed by atoms with Crippen molar-refractivity contribution >= 4 is 29.0 Å². The highest BCUT2D eigenvalue weighted by molar-refractivity contribution is 7.80. The number of carbonyl (C=O) groups excluding carboxylic acids is 2. The number of hydrazine groups is 1. The molecule has 1 amide bonds. The first-order valence-electron chi connectivity index (χ1n) is 8.99. The second-order valence-corrected chi connectivity index (χ2v) is 7.03. The Morgan fingerprint density at radius 1 is 1.15 bits per heavy atom. The lowest BCUT2D eigenvalue weighted by molar-refractivity contribution is -0.121. The fourth-order valence-corrected chi connectivity index (χ4v) is 3.27. The zero-order valence-corrected chi connectivity index (χ0v) is 16.2. The molecule has 0 saturated heterocycles. The third-order valence-corrected chi connectivity index (χ3v) is 4.58. The summed E-state index contributed by atoms with van der Waals surface area (Å²) in [6.07, 6.45) is 4.80. The largest absolute Gasteiger partial charge is 0.383 e. The number of nitrogens with one attached hydrogen (secondary N) is 3. The molecule has 1 aromatic carbocycles. The van der Waals surface area contributed by atoms with Crippen molar-refractivity contribution in [3.8, 4) is 0 Å². The van der Waals surface area contributed by atoms with Gasteiger partial charge in [-0.3, -0.25) is 20.4 Å². The summed E-state index contributed by atoms with van der Waals surface area (Å²) in [5.41, 5.74) is 8.44. The second kappa shape index (κ2) is 10.2. The number of ether oxygens (including phenoxy) is 1. The van der Waals surface area contributed by atoms with Crippen molar-refractivity contribution in [3.63, 3.8) is 0 Å². The third kappa shape index (κ3) is 6.38. The van der Waals surface area contributed by atoms with E-state index in [1.165, 1.54) is 24.0 Å². The number of ketones is 1. The number of rotatable bonds is 7. The van der Waals surface area contributed by atoms with Crippen molar-refractivity contribution in [2.24, 2.45) is 0 Å². The first kappa shape index (κ1) is 20.3. The van der Waals surface area contributed by atoms with Gasteiger partial charge in [0.1, 0.15) is 0 Å². The third-order valence-electron chi connectivity index (χ3n) is 4.36. The van der Waals surface area contributed by atoms with Crippen LogP contribution in [0.5, 0.6) is 0 Å². The van der Waals surface area contributed by atoms with Crippen molar-refractivity contribution in [2.75, 3.05) is 13.7 Å². The lowest BCUT2D eigenvalue weighted by atomic mass is 9.89. The first-order valence-corrected chi connectivity index (χ1v) is 9.39. The Labute approximate surface area is 160 Å². The Hall–Kier alpha value is -1.99. The van der Waals surface area contributed by atoms with Gasteiger partial charge in [-0.2, -0.15) is 0 Å². The van der Waals surface area contributed by atoms with Crippen LogP contribution in [0.25, 0.3) is 0 Å². The van der Waals surface area contributed by atoms with Gasteiger partial charge in [0.25, 0.3) is 0 Å². The van der Waals surface area contributed by atoms with Crippen LogP contribution in [0, 0.1) is 0 Å². The fourth-order valence-electron chi connectivity index (χ4n) is 3.02. The lowest BCUT2D eigenvalue weighted by Crippen LogP contribution is -2.49. The van der Waals surface area contributed by atoms with Gasteiger partial charge in [-0.15, -0.1) is 0 Å². The Morgan fingerprint density at radius 3 is 2.62 bits per heavy atom. The van der Waals surface area contributed by atoms with Gasteiger partial charge in [0.2, 0.25) is 5.91 Å². The van der Waals surface area contributed by atoms with Gasteiger partial charge in [-0.25, -0.2) is 0 Å². The van der Waals surface area contributed by atoms with Crippen LogP contribution in [0.1, 0.15) is 54.1 Å². The minimum atomic E-state index is -0.278. The SMILES string of the molecule is COC[C@H](C)NC(=S)NNC(=O)CCC(=O)c1ccc2c(c1)CCCC2. The van der Waals surface area contributed by atoms with E-state index in [2.05, 4.69) is 22.2 Å². The summed E-state index contributed by atoms with van der Waals surface area (Å²) < 4.78 is 5.00. The second-order valence-electron chi connectivity index (χ2n) is 6.62. The van der Waals surface area contributed by atoms with Gasteiger partial charge in [-0.05, 0) is 62.0 Å². The molecule has 26 heavy (non-hydrogen) atoms. The van der Waals surface area contributed by atoms with E-state index < -0.39 is 0 Å². The summed E-state index contributed by atoms with van der Waals surface area (Å²) in [5, 5.41) is 3.28. The maximum Gasteiger partial charge on any atom is 0.238 e. The molecule has 1 aliphatic carbocycles. The molecule has 0 unspecified atom stereocenters. The van der Waals surface area contributed by atoms with E-state index in [0.29, 0.717) is 17.3 Å². The number of carbonyl (C=O) groups is 2. The maximum atomic E-state index is 12.3.